The number of carbonyl (C=O) groups excluding carboxylic acids is 1. The molecule has 0 saturated carbocycles. The Kier molecular flexibility index (Phi) is 4.63. The Hall–Kier alpha value is -2.80. The summed E-state index contributed by atoms with van der Waals surface area (Å²) in [5, 5.41) is 4.69. The Labute approximate surface area is 163 Å². The molecule has 1 aromatic heterocycles. The molecule has 0 aliphatic carbocycles. The molecule has 144 valence electrons. The number of hydrogen-bond donors (Lipinski definition) is 0. The SMILES string of the molecule is O=C(c1ccc(C(F)(F)F)cc1)N1CCc2c(noc2-c2ccc(Cl)cc2)C1. The maximum atomic E-state index is 12.7. The lowest BCUT2D eigenvalue weighted by molar-refractivity contribution is -0.137. The van der Waals surface area contributed by atoms with E-state index in [0.717, 1.165) is 23.3 Å². The van der Waals surface area contributed by atoms with Gasteiger partial charge in [0.2, 0.25) is 0 Å². The summed E-state index contributed by atoms with van der Waals surface area (Å²) in [5.41, 5.74) is 1.85. The van der Waals surface area contributed by atoms with Crippen LogP contribution in [0.15, 0.2) is 53.1 Å². The average Bonchev–Trinajstić information content (AvgIpc) is 3.10. The molecule has 0 N–H and O–H groups in total. The van der Waals surface area contributed by atoms with E-state index in [-0.39, 0.29) is 18.0 Å². The summed E-state index contributed by atoms with van der Waals surface area (Å²) < 4.78 is 43.5. The molecule has 2 aromatic carbocycles. The van der Waals surface area contributed by atoms with E-state index in [1.807, 2.05) is 12.1 Å². The van der Waals surface area contributed by atoms with Crippen LogP contribution in [-0.4, -0.2) is 22.5 Å². The zero-order valence-electron chi connectivity index (χ0n) is 14.5. The molecule has 0 fully saturated rings. The third-order valence-electron chi connectivity index (χ3n) is 4.69. The lowest BCUT2D eigenvalue weighted by atomic mass is 10.00. The molecule has 1 amide bonds. The van der Waals surface area contributed by atoms with Crippen molar-refractivity contribution in [2.75, 3.05) is 6.54 Å². The van der Waals surface area contributed by atoms with Gasteiger partial charge in [0.15, 0.2) is 5.76 Å². The Morgan fingerprint density at radius 1 is 1.07 bits per heavy atom. The van der Waals surface area contributed by atoms with Gasteiger partial charge in [-0.25, -0.2) is 0 Å². The lowest BCUT2D eigenvalue weighted by Crippen LogP contribution is -2.36. The molecule has 0 saturated heterocycles. The molecule has 0 unspecified atom stereocenters. The zero-order valence-corrected chi connectivity index (χ0v) is 15.2. The molecule has 1 aliphatic heterocycles. The van der Waals surface area contributed by atoms with Crippen LogP contribution < -0.4 is 0 Å². The van der Waals surface area contributed by atoms with Crippen LogP contribution >= 0.6 is 11.6 Å². The first-order chi connectivity index (χ1) is 13.3. The molecule has 0 spiro atoms. The van der Waals surface area contributed by atoms with E-state index in [2.05, 4.69) is 5.16 Å². The summed E-state index contributed by atoms with van der Waals surface area (Å²) >= 11 is 5.91. The fraction of sp³-hybridized carbons (Fsp3) is 0.200. The molecule has 0 bridgehead atoms. The number of fused-ring (bicyclic) bond motifs is 1. The predicted molar refractivity (Wildman–Crippen MR) is 96.8 cm³/mol. The van der Waals surface area contributed by atoms with Gasteiger partial charge in [0.05, 0.1) is 12.1 Å². The van der Waals surface area contributed by atoms with Gasteiger partial charge >= 0.3 is 6.18 Å². The van der Waals surface area contributed by atoms with Gasteiger partial charge in [-0.05, 0) is 55.0 Å². The van der Waals surface area contributed by atoms with Crippen LogP contribution in [0, 0.1) is 0 Å². The standard InChI is InChI=1S/C20H14ClF3N2O2/c21-15-7-3-12(4-8-15)18-16-9-10-26(11-17(16)25-28-18)19(27)13-1-5-14(6-2-13)20(22,23)24/h1-8H,9-11H2. The summed E-state index contributed by atoms with van der Waals surface area (Å²) in [5.74, 6) is 0.309. The predicted octanol–water partition coefficient (Wildman–Crippen LogP) is 5.21. The summed E-state index contributed by atoms with van der Waals surface area (Å²) in [6.45, 7) is 0.668. The molecule has 4 nitrogen and oxygen atoms in total. The van der Waals surface area contributed by atoms with E-state index in [1.165, 1.54) is 12.1 Å². The molecule has 0 radical (unpaired) electrons. The molecule has 4 rings (SSSR count). The highest BCUT2D eigenvalue weighted by Gasteiger charge is 2.31. The molecule has 8 heteroatoms. The van der Waals surface area contributed by atoms with Gasteiger partial charge in [-0.15, -0.1) is 0 Å². The second-order valence-corrected chi connectivity index (χ2v) is 6.93. The minimum Gasteiger partial charge on any atom is -0.356 e. The fourth-order valence-corrected chi connectivity index (χ4v) is 3.34. The van der Waals surface area contributed by atoms with Crippen molar-refractivity contribution in [2.45, 2.75) is 19.1 Å². The summed E-state index contributed by atoms with van der Waals surface area (Å²) in [6.07, 6.45) is -3.89. The second kappa shape index (κ2) is 6.98. The van der Waals surface area contributed by atoms with Crippen LogP contribution in [0.4, 0.5) is 13.2 Å². The smallest absolute Gasteiger partial charge is 0.356 e. The van der Waals surface area contributed by atoms with E-state index >= 15 is 0 Å². The Bertz CT molecular complexity index is 1010. The highest BCUT2D eigenvalue weighted by Crippen LogP contribution is 2.32. The van der Waals surface area contributed by atoms with Gasteiger partial charge < -0.3 is 9.42 Å². The van der Waals surface area contributed by atoms with Crippen LogP contribution in [0.2, 0.25) is 5.02 Å². The number of rotatable bonds is 2. The maximum Gasteiger partial charge on any atom is 0.416 e. The van der Waals surface area contributed by atoms with Crippen molar-refractivity contribution in [1.29, 1.82) is 0 Å². The van der Waals surface area contributed by atoms with Crippen molar-refractivity contribution >= 4 is 17.5 Å². The minimum atomic E-state index is -4.43. The van der Waals surface area contributed by atoms with E-state index in [1.54, 1.807) is 17.0 Å². The van der Waals surface area contributed by atoms with E-state index in [9.17, 15) is 18.0 Å². The first-order valence-corrected chi connectivity index (χ1v) is 8.90. The number of benzene rings is 2. The molecule has 3 aromatic rings. The molecule has 0 atom stereocenters. The van der Waals surface area contributed by atoms with Gasteiger partial charge in [0.1, 0.15) is 5.69 Å². The fourth-order valence-electron chi connectivity index (χ4n) is 3.22. The van der Waals surface area contributed by atoms with Crippen LogP contribution in [0.1, 0.15) is 27.2 Å². The van der Waals surface area contributed by atoms with Crippen molar-refractivity contribution in [2.24, 2.45) is 0 Å². The number of halogens is 4. The van der Waals surface area contributed by atoms with Crippen LogP contribution in [0.25, 0.3) is 11.3 Å². The van der Waals surface area contributed by atoms with Crippen LogP contribution in [0.5, 0.6) is 0 Å². The van der Waals surface area contributed by atoms with E-state index in [0.29, 0.717) is 29.4 Å². The largest absolute Gasteiger partial charge is 0.416 e. The maximum absolute atomic E-state index is 12.7. The van der Waals surface area contributed by atoms with E-state index < -0.39 is 11.7 Å². The number of hydrogen-bond acceptors (Lipinski definition) is 3. The Morgan fingerprint density at radius 2 is 1.75 bits per heavy atom. The third kappa shape index (κ3) is 3.49. The third-order valence-corrected chi connectivity index (χ3v) is 4.95. The number of nitrogens with zero attached hydrogens (tertiary/aromatic N) is 2. The normalized spacial score (nSPS) is 14.1. The highest BCUT2D eigenvalue weighted by molar-refractivity contribution is 6.30. The molecular weight excluding hydrogens is 393 g/mol. The quantitative estimate of drug-likeness (QED) is 0.586. The number of aromatic nitrogens is 1. The van der Waals surface area contributed by atoms with Crippen molar-refractivity contribution in [3.8, 4) is 11.3 Å². The van der Waals surface area contributed by atoms with Crippen LogP contribution in [-0.2, 0) is 19.1 Å². The molecule has 2 heterocycles. The summed E-state index contributed by atoms with van der Waals surface area (Å²) in [4.78, 5) is 14.2. The van der Waals surface area contributed by atoms with Gasteiger partial charge in [-0.3, -0.25) is 4.79 Å². The monoisotopic (exact) mass is 406 g/mol. The average molecular weight is 407 g/mol. The van der Waals surface area contributed by atoms with Gasteiger partial charge in [-0.1, -0.05) is 16.8 Å². The Balaban J connectivity index is 1.53. The second-order valence-electron chi connectivity index (χ2n) is 6.50. The van der Waals surface area contributed by atoms with Crippen molar-refractivity contribution < 1.29 is 22.5 Å². The van der Waals surface area contributed by atoms with Gasteiger partial charge in [-0.2, -0.15) is 13.2 Å². The minimum absolute atomic E-state index is 0.206. The Morgan fingerprint density at radius 3 is 2.39 bits per heavy atom. The highest BCUT2D eigenvalue weighted by atomic mass is 35.5. The van der Waals surface area contributed by atoms with Gasteiger partial charge in [0.25, 0.3) is 5.91 Å². The zero-order chi connectivity index (χ0) is 19.9. The molecule has 1 aliphatic rings. The van der Waals surface area contributed by atoms with Crippen molar-refractivity contribution in [3.63, 3.8) is 0 Å². The van der Waals surface area contributed by atoms with Crippen LogP contribution in [0.3, 0.4) is 0 Å². The first-order valence-electron chi connectivity index (χ1n) is 8.53. The number of alkyl halides is 3. The number of carbonyl (C=O) groups is 1. The van der Waals surface area contributed by atoms with Crippen molar-refractivity contribution in [1.82, 2.24) is 10.1 Å². The number of amides is 1. The summed E-state index contributed by atoms with van der Waals surface area (Å²) in [6, 6.07) is 11.4. The van der Waals surface area contributed by atoms with E-state index in [4.69, 9.17) is 16.1 Å². The topological polar surface area (TPSA) is 46.3 Å². The first kappa shape index (κ1) is 18.6. The lowest BCUT2D eigenvalue weighted by Gasteiger charge is -2.26. The van der Waals surface area contributed by atoms with Gasteiger partial charge in [0, 0.05) is 28.3 Å². The summed E-state index contributed by atoms with van der Waals surface area (Å²) in [7, 11) is 0. The van der Waals surface area contributed by atoms with Crippen molar-refractivity contribution in [3.05, 3.63) is 75.9 Å². The molecular formula is C20H14ClF3N2O2. The molecule has 28 heavy (non-hydrogen) atoms.